The van der Waals surface area contributed by atoms with E-state index in [1.54, 1.807) is 0 Å². The molecule has 0 saturated heterocycles. The molecule has 0 aliphatic carbocycles. The van der Waals surface area contributed by atoms with Gasteiger partial charge in [0.2, 0.25) is 0 Å². The fraction of sp³-hybridized carbons (Fsp3) is 0.153. The Hall–Kier alpha value is -13.0. The minimum absolute atomic E-state index is 0. The molecule has 664 valence electrons. The molecule has 20 rings (SSSR count). The van der Waals surface area contributed by atoms with E-state index in [1.165, 1.54) is 43.1 Å². The number of aryl methyl sites for hydroxylation is 4. The summed E-state index contributed by atoms with van der Waals surface area (Å²) < 4.78 is 17.6. The largest absolute Gasteiger partial charge is 0.505 e. The third-order valence-corrected chi connectivity index (χ3v) is 24.0. The molecule has 132 heavy (non-hydrogen) atoms. The van der Waals surface area contributed by atoms with Gasteiger partial charge in [-0.15, -0.1) is 48.5 Å². The number of rotatable bonds is 22. The van der Waals surface area contributed by atoms with Crippen molar-refractivity contribution in [2.75, 3.05) is 66.7 Å². The molecule has 20 aromatic rings. The van der Waals surface area contributed by atoms with E-state index >= 15 is 0 Å². The number of hydrogen-bond acceptors (Lipinski definition) is 6. The molecule has 0 spiro atoms. The van der Waals surface area contributed by atoms with Crippen molar-refractivity contribution in [2.24, 2.45) is 0 Å². The first kappa shape index (κ1) is 96.5. The molecule has 4 heterocycles. The van der Waals surface area contributed by atoms with Crippen LogP contribution < -0.4 is 0 Å². The quantitative estimate of drug-likeness (QED) is 0.0304. The number of hydrogen-bond donors (Lipinski definition) is 4. The number of aliphatic hydroxyl groups is 4. The minimum Gasteiger partial charge on any atom is -0.505 e. The average molecular weight is 1980 g/mol. The summed E-state index contributed by atoms with van der Waals surface area (Å²) in [6.07, 6.45) is 2.75. The molecule has 0 amide bonds. The molecule has 0 atom stereocenters. The van der Waals surface area contributed by atoms with Crippen LogP contribution in [0.15, 0.2) is 364 Å². The van der Waals surface area contributed by atoms with Crippen LogP contribution in [0.4, 0.5) is 0 Å². The van der Waals surface area contributed by atoms with Gasteiger partial charge >= 0.3 is 0 Å². The molecule has 0 bridgehead atoms. The van der Waals surface area contributed by atoms with Gasteiger partial charge in [0, 0.05) is 121 Å². The zero-order valence-corrected chi connectivity index (χ0v) is 82.4. The summed E-state index contributed by atoms with van der Waals surface area (Å²) in [5, 5.41) is 56.8. The van der Waals surface area contributed by atoms with E-state index in [0.29, 0.717) is 48.7 Å². The van der Waals surface area contributed by atoms with E-state index in [9.17, 15) is 20.4 Å². The van der Waals surface area contributed by atoms with E-state index in [0.717, 1.165) is 186 Å². The second-order valence-electron chi connectivity index (χ2n) is 33.4. The summed E-state index contributed by atoms with van der Waals surface area (Å²) in [6, 6.07) is 123. The summed E-state index contributed by atoms with van der Waals surface area (Å²) in [5.74, 6) is 1.28. The van der Waals surface area contributed by atoms with Gasteiger partial charge in [-0.3, -0.25) is 9.80 Å². The standard InChI is InChI=1S/2C45H43N3O3.4C7H7.Hf.Zr/c2*1-30-26-32(44(49)42(28-30)47-38-16-8-4-12-34(38)35-13-5-9-17-39(35)47)20-22-46(24-25-51-3)23-21-33-27-31(2)29-43(45(33)50)48-40-18-10-6-14-36(40)37-15-7-11-19-41(37)48;4*1-7-5-3-2-4-6-7;;/h2*4-19,26-29,49-50H,20-25H2,1-3H3;4*2-6H,1H2;;/q;;4*-1;;/p+2. The van der Waals surface area contributed by atoms with Crippen LogP contribution in [0.25, 0.3) is 110 Å². The number of phenolic OH excluding ortho intramolecular Hbond substituents is 4. The fourth-order valence-electron chi connectivity index (χ4n) is 17.7. The zero-order valence-electron chi connectivity index (χ0n) is 76.3. The molecule has 0 saturated carbocycles. The average Bonchev–Trinajstić information content (AvgIpc) is 1.61. The summed E-state index contributed by atoms with van der Waals surface area (Å²) in [4.78, 5) is 4.80. The topological polar surface area (TPSA) is 133 Å². The Kier molecular flexibility index (Phi) is 33.8. The molecular weight excluding hydrogens is 1870 g/mol. The van der Waals surface area contributed by atoms with Crippen LogP contribution >= 0.6 is 0 Å². The molecule has 0 radical (unpaired) electrons. The van der Waals surface area contributed by atoms with Crippen LogP contribution in [0.5, 0.6) is 23.0 Å². The molecule has 16 aromatic carbocycles. The Morgan fingerprint density at radius 3 is 0.545 bits per heavy atom. The second kappa shape index (κ2) is 46.2. The number of aromatic nitrogens is 4. The maximum Gasteiger partial charge on any atom is 0.157 e. The van der Waals surface area contributed by atoms with Gasteiger partial charge in [0.25, 0.3) is 0 Å². The third kappa shape index (κ3) is 22.8. The predicted octanol–water partition coefficient (Wildman–Crippen LogP) is 25.8. The number of para-hydroxylation sites is 8. The fourth-order valence-corrected chi connectivity index (χ4v) is 17.7. The molecule has 14 heteroatoms. The zero-order chi connectivity index (χ0) is 90.6. The van der Waals surface area contributed by atoms with Gasteiger partial charge in [0.1, 0.15) is 37.2 Å². The SMILES string of the molecule is C[OH+]CCN(CCc1cc(C)cc(-n2c3ccccc3c3ccccc32)c1O)CCc1cc(C)cc(-n2c3ccccc3c3ccccc32)c1O.C[OH+]CCN(CCc1cc(C)cc(-n2c3ccccc3c3ccccc32)c1O)CCc1cc(C)cc(-n2c3ccccc3c3ccccc32)c1O.[CH2-]c1ccccc1.[CH2-]c1ccccc1.[CH2-]c1ccccc1.[CH2-]c1ccccc1.[Hf].[Zr]. The Balaban J connectivity index is 0.000000170. The molecule has 4 aromatic heterocycles. The van der Waals surface area contributed by atoms with Gasteiger partial charge in [0.15, 0.2) is 13.2 Å². The van der Waals surface area contributed by atoms with Gasteiger partial charge < -0.3 is 48.2 Å². The molecule has 0 aliphatic heterocycles. The van der Waals surface area contributed by atoms with Crippen molar-refractivity contribution in [3.8, 4) is 45.7 Å². The predicted molar refractivity (Wildman–Crippen MR) is 546 cm³/mol. The van der Waals surface area contributed by atoms with Crippen molar-refractivity contribution in [1.29, 1.82) is 0 Å². The van der Waals surface area contributed by atoms with Gasteiger partial charge in [-0.1, -0.05) is 194 Å². The molecule has 0 unspecified atom stereocenters. The maximum atomic E-state index is 11.8. The van der Waals surface area contributed by atoms with E-state index < -0.39 is 0 Å². The van der Waals surface area contributed by atoms with Crippen molar-refractivity contribution >= 4 is 87.2 Å². The number of aromatic hydroxyl groups is 4. The number of phenols is 4. The summed E-state index contributed by atoms with van der Waals surface area (Å²) in [6.45, 7) is 29.3. The Bertz CT molecular complexity index is 6150. The number of ether oxygens (including phenoxy) is 2. The third-order valence-electron chi connectivity index (χ3n) is 24.0. The Labute approximate surface area is 814 Å². The van der Waals surface area contributed by atoms with Crippen molar-refractivity contribution in [3.05, 3.63) is 458 Å². The van der Waals surface area contributed by atoms with E-state index in [2.05, 4.69) is 336 Å². The van der Waals surface area contributed by atoms with Gasteiger partial charge in [-0.25, -0.2) is 0 Å². The Morgan fingerprint density at radius 2 is 0.394 bits per heavy atom. The van der Waals surface area contributed by atoms with Crippen molar-refractivity contribution in [3.63, 3.8) is 0 Å². The molecule has 0 fully saturated rings. The van der Waals surface area contributed by atoms with Crippen molar-refractivity contribution < 1.29 is 81.9 Å². The normalized spacial score (nSPS) is 11.0. The van der Waals surface area contributed by atoms with Crippen LogP contribution in [0.3, 0.4) is 0 Å². The smallest absolute Gasteiger partial charge is 0.157 e. The van der Waals surface area contributed by atoms with E-state index in [-0.39, 0.29) is 52.0 Å². The molecule has 12 nitrogen and oxygen atoms in total. The monoisotopic (exact) mass is 1980 g/mol. The van der Waals surface area contributed by atoms with Gasteiger partial charge in [-0.05, 0) is 171 Å². The van der Waals surface area contributed by atoms with Crippen LogP contribution in [0, 0.1) is 55.4 Å². The number of nitrogens with zero attached hydrogens (tertiary/aromatic N) is 6. The van der Waals surface area contributed by atoms with Crippen LogP contribution in [0.2, 0.25) is 0 Å². The molecular formula is C118H116HfN6O6Zr-2. The number of fused-ring (bicyclic) bond motifs is 12. The first-order valence-electron chi connectivity index (χ1n) is 44.7. The van der Waals surface area contributed by atoms with E-state index in [4.69, 9.17) is 0 Å². The van der Waals surface area contributed by atoms with Crippen LogP contribution in [-0.4, -0.2) is 125 Å². The van der Waals surface area contributed by atoms with Crippen LogP contribution in [0.1, 0.15) is 66.8 Å². The number of benzene rings is 16. The first-order chi connectivity index (χ1) is 63.4. The summed E-state index contributed by atoms with van der Waals surface area (Å²) in [5.41, 5.74) is 24.3. The minimum atomic E-state index is 0. The first-order valence-corrected chi connectivity index (χ1v) is 44.7. The molecule has 0 aliphatic rings. The van der Waals surface area contributed by atoms with Crippen LogP contribution in [-0.2, 0) is 77.7 Å². The molecule has 6 N–H and O–H groups in total. The summed E-state index contributed by atoms with van der Waals surface area (Å²) in [7, 11) is 3.71. The van der Waals surface area contributed by atoms with Gasteiger partial charge in [0.05, 0.1) is 80.0 Å². The summed E-state index contributed by atoms with van der Waals surface area (Å²) >= 11 is 0. The van der Waals surface area contributed by atoms with E-state index in [1.807, 2.05) is 136 Å². The van der Waals surface area contributed by atoms with Crippen molar-refractivity contribution in [1.82, 2.24) is 28.1 Å². The Morgan fingerprint density at radius 1 is 0.235 bits per heavy atom. The maximum absolute atomic E-state index is 11.8. The second-order valence-corrected chi connectivity index (χ2v) is 33.4. The van der Waals surface area contributed by atoms with Crippen molar-refractivity contribution in [2.45, 2.75) is 53.4 Å². The van der Waals surface area contributed by atoms with Gasteiger partial charge in [-0.2, -0.15) is 98.5 Å².